The van der Waals surface area contributed by atoms with Crippen LogP contribution in [0.1, 0.15) is 38.0 Å². The Hall–Kier alpha value is -3.28. The fourth-order valence-corrected chi connectivity index (χ4v) is 2.45. The van der Waals surface area contributed by atoms with Crippen molar-refractivity contribution in [1.82, 2.24) is 4.90 Å². The van der Waals surface area contributed by atoms with Gasteiger partial charge in [0.2, 0.25) is 5.78 Å². The summed E-state index contributed by atoms with van der Waals surface area (Å²) in [4.78, 5) is 49.2. The Morgan fingerprint density at radius 2 is 1.38 bits per heavy atom. The molecule has 3 rings (SSSR count). The van der Waals surface area contributed by atoms with E-state index in [1.54, 1.807) is 42.5 Å². The van der Waals surface area contributed by atoms with Gasteiger partial charge in [-0.25, -0.2) is 4.79 Å². The van der Waals surface area contributed by atoms with Crippen molar-refractivity contribution in [1.29, 1.82) is 0 Å². The lowest BCUT2D eigenvalue weighted by molar-refractivity contribution is 0.0450. The molecule has 0 bridgehead atoms. The molecule has 6 nitrogen and oxygen atoms in total. The van der Waals surface area contributed by atoms with Gasteiger partial charge >= 0.3 is 6.09 Å². The van der Waals surface area contributed by atoms with Crippen LogP contribution in [0.4, 0.5) is 4.79 Å². The molecular weight excluding hydrogens is 310 g/mol. The summed E-state index contributed by atoms with van der Waals surface area (Å²) < 4.78 is 5.02. The smallest absolute Gasteiger partial charge is 0.424 e. The summed E-state index contributed by atoms with van der Waals surface area (Å²) in [6.45, 7) is 1.39. The van der Waals surface area contributed by atoms with Crippen molar-refractivity contribution >= 4 is 23.7 Å². The van der Waals surface area contributed by atoms with E-state index in [2.05, 4.69) is 0 Å². The summed E-state index contributed by atoms with van der Waals surface area (Å²) in [5.74, 6) is -1.92. The standard InChI is InChI=1S/C18H13NO5/c1-11(15(20)12-7-3-2-4-8-12)24-18(23)19-16(21)13-9-5-6-10-14(13)17(19)22/h2-11H,1H3. The zero-order valence-corrected chi connectivity index (χ0v) is 12.8. The normalized spacial score (nSPS) is 14.3. The van der Waals surface area contributed by atoms with Gasteiger partial charge in [0.05, 0.1) is 11.1 Å². The lowest BCUT2D eigenvalue weighted by Gasteiger charge is -2.16. The molecule has 1 aliphatic rings. The second-order valence-electron chi connectivity index (χ2n) is 5.25. The lowest BCUT2D eigenvalue weighted by atomic mass is 10.1. The van der Waals surface area contributed by atoms with E-state index in [4.69, 9.17) is 4.74 Å². The number of fused-ring (bicyclic) bond motifs is 1. The molecule has 0 radical (unpaired) electrons. The van der Waals surface area contributed by atoms with Crippen LogP contribution in [0.3, 0.4) is 0 Å². The first-order valence-corrected chi connectivity index (χ1v) is 7.28. The predicted octanol–water partition coefficient (Wildman–Crippen LogP) is 2.69. The Bertz CT molecular complexity index is 808. The van der Waals surface area contributed by atoms with Crippen LogP contribution in [0.25, 0.3) is 0 Å². The molecule has 0 fully saturated rings. The average Bonchev–Trinajstić information content (AvgIpc) is 2.86. The fourth-order valence-electron chi connectivity index (χ4n) is 2.45. The first-order chi connectivity index (χ1) is 11.5. The first kappa shape index (κ1) is 15.6. The number of carbonyl (C=O) groups excluding carboxylic acids is 4. The van der Waals surface area contributed by atoms with Gasteiger partial charge in [0.1, 0.15) is 0 Å². The predicted molar refractivity (Wildman–Crippen MR) is 83.7 cm³/mol. The van der Waals surface area contributed by atoms with E-state index in [9.17, 15) is 19.2 Å². The summed E-state index contributed by atoms with van der Waals surface area (Å²) in [5.41, 5.74) is 0.656. The number of carbonyl (C=O) groups is 4. The summed E-state index contributed by atoms with van der Waals surface area (Å²) in [6.07, 6.45) is -2.28. The molecule has 0 aromatic heterocycles. The Morgan fingerprint density at radius 3 is 1.92 bits per heavy atom. The number of ether oxygens (including phenoxy) is 1. The molecule has 2 aromatic rings. The zero-order valence-electron chi connectivity index (χ0n) is 12.8. The number of hydrogen-bond acceptors (Lipinski definition) is 5. The number of imide groups is 3. The van der Waals surface area contributed by atoms with Crippen molar-refractivity contribution < 1.29 is 23.9 Å². The maximum atomic E-state index is 12.2. The molecule has 24 heavy (non-hydrogen) atoms. The maximum absolute atomic E-state index is 12.2. The van der Waals surface area contributed by atoms with Crippen molar-refractivity contribution in [3.63, 3.8) is 0 Å². The molecule has 1 aliphatic heterocycles. The molecule has 0 N–H and O–H groups in total. The maximum Gasteiger partial charge on any atom is 0.424 e. The molecule has 0 saturated carbocycles. The number of Topliss-reactive ketones (excluding diaryl/α,β-unsaturated/α-hetero) is 1. The summed E-state index contributed by atoms with van der Waals surface area (Å²) >= 11 is 0. The topological polar surface area (TPSA) is 80.8 Å². The van der Waals surface area contributed by atoms with Gasteiger partial charge in [0.15, 0.2) is 6.10 Å². The second-order valence-corrected chi connectivity index (χ2v) is 5.25. The molecule has 2 aromatic carbocycles. The molecule has 1 heterocycles. The number of benzene rings is 2. The van der Waals surface area contributed by atoms with E-state index in [-0.39, 0.29) is 11.1 Å². The van der Waals surface area contributed by atoms with Crippen molar-refractivity contribution in [2.75, 3.05) is 0 Å². The van der Waals surface area contributed by atoms with E-state index in [1.165, 1.54) is 19.1 Å². The SMILES string of the molecule is CC(OC(=O)N1C(=O)c2ccccc2C1=O)C(=O)c1ccccc1. The van der Waals surface area contributed by atoms with Crippen molar-refractivity contribution in [2.24, 2.45) is 0 Å². The molecule has 0 aliphatic carbocycles. The van der Waals surface area contributed by atoms with E-state index in [0.29, 0.717) is 10.5 Å². The van der Waals surface area contributed by atoms with Gasteiger partial charge in [-0.05, 0) is 19.1 Å². The van der Waals surface area contributed by atoms with E-state index >= 15 is 0 Å². The molecule has 1 unspecified atom stereocenters. The third-order valence-electron chi connectivity index (χ3n) is 3.68. The van der Waals surface area contributed by atoms with Crippen LogP contribution in [-0.4, -0.2) is 34.7 Å². The number of amides is 3. The Balaban J connectivity index is 1.75. The van der Waals surface area contributed by atoms with Crippen LogP contribution < -0.4 is 0 Å². The quantitative estimate of drug-likeness (QED) is 0.641. The van der Waals surface area contributed by atoms with Gasteiger partial charge in [-0.15, -0.1) is 0 Å². The van der Waals surface area contributed by atoms with Crippen molar-refractivity contribution in [3.8, 4) is 0 Å². The highest BCUT2D eigenvalue weighted by molar-refractivity contribution is 6.28. The van der Waals surface area contributed by atoms with Crippen LogP contribution in [0, 0.1) is 0 Å². The number of hydrogen-bond donors (Lipinski definition) is 0. The van der Waals surface area contributed by atoms with Gasteiger partial charge in [-0.2, -0.15) is 4.90 Å². The van der Waals surface area contributed by atoms with Crippen LogP contribution >= 0.6 is 0 Å². The first-order valence-electron chi connectivity index (χ1n) is 7.28. The monoisotopic (exact) mass is 323 g/mol. The highest BCUT2D eigenvalue weighted by atomic mass is 16.6. The van der Waals surface area contributed by atoms with E-state index in [0.717, 1.165) is 0 Å². The lowest BCUT2D eigenvalue weighted by Crippen LogP contribution is -2.39. The number of ketones is 1. The van der Waals surface area contributed by atoms with Crippen LogP contribution in [0.2, 0.25) is 0 Å². The second kappa shape index (κ2) is 6.08. The molecule has 0 spiro atoms. The van der Waals surface area contributed by atoms with E-state index in [1.807, 2.05) is 0 Å². The number of nitrogens with zero attached hydrogens (tertiary/aromatic N) is 1. The third kappa shape index (κ3) is 2.58. The minimum absolute atomic E-state index is 0.140. The van der Waals surface area contributed by atoms with Gasteiger partial charge in [0.25, 0.3) is 11.8 Å². The third-order valence-corrected chi connectivity index (χ3v) is 3.68. The average molecular weight is 323 g/mol. The Kier molecular flexibility index (Phi) is 3.95. The van der Waals surface area contributed by atoms with Gasteiger partial charge in [0, 0.05) is 5.56 Å². The zero-order chi connectivity index (χ0) is 17.3. The van der Waals surface area contributed by atoms with Gasteiger partial charge in [-0.3, -0.25) is 14.4 Å². The highest BCUT2D eigenvalue weighted by Crippen LogP contribution is 2.23. The minimum atomic E-state index is -1.15. The van der Waals surface area contributed by atoms with Gasteiger partial charge < -0.3 is 4.74 Å². The Morgan fingerprint density at radius 1 is 0.875 bits per heavy atom. The molecule has 1 atom stereocenters. The van der Waals surface area contributed by atoms with Gasteiger partial charge in [-0.1, -0.05) is 42.5 Å². The Labute approximate surface area is 137 Å². The van der Waals surface area contributed by atoms with Crippen molar-refractivity contribution in [3.05, 3.63) is 71.3 Å². The largest absolute Gasteiger partial charge is 0.437 e. The number of rotatable bonds is 3. The highest BCUT2D eigenvalue weighted by Gasteiger charge is 2.41. The molecule has 3 amide bonds. The summed E-state index contributed by atoms with van der Waals surface area (Å²) in [5, 5.41) is 0. The molecular formula is C18H13NO5. The summed E-state index contributed by atoms with van der Waals surface area (Å²) in [7, 11) is 0. The fraction of sp³-hybridized carbons (Fsp3) is 0.111. The van der Waals surface area contributed by atoms with E-state index < -0.39 is 29.8 Å². The molecule has 0 saturated heterocycles. The van der Waals surface area contributed by atoms with Crippen LogP contribution in [0.5, 0.6) is 0 Å². The van der Waals surface area contributed by atoms with Crippen LogP contribution in [-0.2, 0) is 4.74 Å². The summed E-state index contributed by atoms with van der Waals surface area (Å²) in [6, 6.07) is 14.4. The molecule has 6 heteroatoms. The molecule has 120 valence electrons. The van der Waals surface area contributed by atoms with Crippen molar-refractivity contribution in [2.45, 2.75) is 13.0 Å². The van der Waals surface area contributed by atoms with Crippen LogP contribution in [0.15, 0.2) is 54.6 Å². The minimum Gasteiger partial charge on any atom is -0.437 e.